The van der Waals surface area contributed by atoms with Gasteiger partial charge in [-0.25, -0.2) is 0 Å². The van der Waals surface area contributed by atoms with Crippen molar-refractivity contribution in [3.05, 3.63) is 0 Å². The second kappa shape index (κ2) is 5.11. The number of rotatable bonds is 4. The van der Waals surface area contributed by atoms with Gasteiger partial charge in [-0.15, -0.1) is 0 Å². The highest BCUT2D eigenvalue weighted by atomic mass is 32.1. The third-order valence-electron chi connectivity index (χ3n) is 3.57. The minimum atomic E-state index is -1.35. The molecule has 0 radical (unpaired) electrons. The van der Waals surface area contributed by atoms with Crippen molar-refractivity contribution in [1.29, 1.82) is 0 Å². The van der Waals surface area contributed by atoms with Crippen LogP contribution >= 0.6 is 12.2 Å². The van der Waals surface area contributed by atoms with Gasteiger partial charge in [0.15, 0.2) is 5.05 Å². The molecule has 0 spiro atoms. The van der Waals surface area contributed by atoms with Gasteiger partial charge in [0, 0.05) is 12.0 Å². The van der Waals surface area contributed by atoms with Crippen molar-refractivity contribution < 1.29 is 5.11 Å². The Morgan fingerprint density at radius 3 is 1.88 bits per heavy atom. The minimum absolute atomic E-state index is 0.239. The normalized spacial score (nSPS) is 26.5. The Bertz CT molecular complexity index is 282. The SMILES string of the molecule is C[Si](C)(C)N(C1CCCC1C(O)=S)[Si](C)(C)C. The van der Waals surface area contributed by atoms with E-state index in [0.29, 0.717) is 6.04 Å². The van der Waals surface area contributed by atoms with E-state index in [9.17, 15) is 5.11 Å². The summed E-state index contributed by atoms with van der Waals surface area (Å²) in [5, 5.41) is 9.98. The molecule has 0 aromatic heterocycles. The molecule has 0 aromatic carbocycles. The molecule has 1 fully saturated rings. The first-order valence-electron chi connectivity index (χ1n) is 6.57. The number of aliphatic hydroxyl groups excluding tert-OH is 1. The summed E-state index contributed by atoms with van der Waals surface area (Å²) in [4.78, 5) is 0. The van der Waals surface area contributed by atoms with Gasteiger partial charge < -0.3 is 9.34 Å². The van der Waals surface area contributed by atoms with Gasteiger partial charge in [-0.1, -0.05) is 45.7 Å². The molecule has 2 unspecified atom stereocenters. The largest absolute Gasteiger partial charge is 0.502 e. The molecule has 2 atom stereocenters. The van der Waals surface area contributed by atoms with E-state index in [0.717, 1.165) is 6.42 Å². The van der Waals surface area contributed by atoms with Gasteiger partial charge >= 0.3 is 0 Å². The summed E-state index contributed by atoms with van der Waals surface area (Å²) in [6.45, 7) is 14.5. The van der Waals surface area contributed by atoms with E-state index >= 15 is 0 Å². The first kappa shape index (κ1) is 15.3. The lowest BCUT2D eigenvalue weighted by molar-refractivity contribution is 0.375. The van der Waals surface area contributed by atoms with E-state index < -0.39 is 16.5 Å². The number of hydrogen-bond acceptors (Lipinski definition) is 2. The van der Waals surface area contributed by atoms with E-state index in [1.165, 1.54) is 12.8 Å². The zero-order valence-corrected chi connectivity index (χ0v) is 14.9. The number of nitrogens with zero attached hydrogens (tertiary/aromatic N) is 1. The van der Waals surface area contributed by atoms with Crippen LogP contribution in [-0.4, -0.2) is 36.9 Å². The summed E-state index contributed by atoms with van der Waals surface area (Å²) in [6.07, 6.45) is 3.49. The third-order valence-corrected chi connectivity index (χ3v) is 11.5. The Balaban J connectivity index is 3.03. The summed E-state index contributed by atoms with van der Waals surface area (Å²) in [6, 6.07) is 0.505. The van der Waals surface area contributed by atoms with Crippen molar-refractivity contribution in [1.82, 2.24) is 4.23 Å². The number of thiocarbonyl (C=S) groups is 1. The van der Waals surface area contributed by atoms with E-state index in [4.69, 9.17) is 12.2 Å². The molecule has 1 saturated carbocycles. The van der Waals surface area contributed by atoms with Gasteiger partial charge in [0.1, 0.15) is 16.5 Å². The van der Waals surface area contributed by atoms with Crippen molar-refractivity contribution in [2.24, 2.45) is 5.92 Å². The molecule has 100 valence electrons. The molecule has 1 aliphatic rings. The summed E-state index contributed by atoms with van der Waals surface area (Å²) in [7, 11) is -2.70. The van der Waals surface area contributed by atoms with Crippen molar-refractivity contribution in [2.45, 2.75) is 64.6 Å². The van der Waals surface area contributed by atoms with Crippen LogP contribution in [0.15, 0.2) is 0 Å². The van der Waals surface area contributed by atoms with Crippen LogP contribution in [0.3, 0.4) is 0 Å². The zero-order chi connectivity index (χ0) is 13.4. The number of aliphatic hydroxyl groups is 1. The monoisotopic (exact) mass is 289 g/mol. The highest BCUT2D eigenvalue weighted by molar-refractivity contribution is 7.80. The molecule has 1 aliphatic carbocycles. The Kier molecular flexibility index (Phi) is 4.61. The third kappa shape index (κ3) is 3.62. The van der Waals surface area contributed by atoms with Gasteiger partial charge in [0.05, 0.1) is 0 Å². The first-order chi connectivity index (χ1) is 7.55. The maximum atomic E-state index is 9.74. The standard InChI is InChI=1S/C12H27NOSSi2/c1-16(2,3)13(17(4,5)6)11-9-7-8-10(11)12(14)15/h10-11H,7-9H2,1-6H3,(H,14,15). The van der Waals surface area contributed by atoms with E-state index in [1.54, 1.807) is 0 Å². The van der Waals surface area contributed by atoms with E-state index in [2.05, 4.69) is 43.5 Å². The van der Waals surface area contributed by atoms with Crippen LogP contribution < -0.4 is 0 Å². The first-order valence-corrected chi connectivity index (χ1v) is 13.9. The molecule has 1 N–H and O–H groups in total. The predicted molar refractivity (Wildman–Crippen MR) is 84.9 cm³/mol. The molecule has 0 heterocycles. The minimum Gasteiger partial charge on any atom is -0.502 e. The molecule has 2 nitrogen and oxygen atoms in total. The molecule has 0 saturated heterocycles. The summed E-state index contributed by atoms with van der Waals surface area (Å²) >= 11 is 5.06. The topological polar surface area (TPSA) is 23.5 Å². The van der Waals surface area contributed by atoms with Crippen molar-refractivity contribution in [3.63, 3.8) is 0 Å². The summed E-state index contributed by atoms with van der Waals surface area (Å²) in [5.41, 5.74) is 0. The highest BCUT2D eigenvalue weighted by Crippen LogP contribution is 2.36. The summed E-state index contributed by atoms with van der Waals surface area (Å²) in [5.74, 6) is 0.239. The fraction of sp³-hybridized carbons (Fsp3) is 0.917. The van der Waals surface area contributed by atoms with Crippen LogP contribution in [0, 0.1) is 5.92 Å². The molecule has 5 heteroatoms. The van der Waals surface area contributed by atoms with Crippen molar-refractivity contribution in [2.75, 3.05) is 0 Å². The Morgan fingerprint density at radius 2 is 1.53 bits per heavy atom. The maximum absolute atomic E-state index is 9.74. The van der Waals surface area contributed by atoms with Crippen LogP contribution in [0.2, 0.25) is 39.3 Å². The molecule has 0 aliphatic heterocycles. The zero-order valence-electron chi connectivity index (χ0n) is 12.1. The van der Waals surface area contributed by atoms with Crippen molar-refractivity contribution >= 4 is 33.7 Å². The predicted octanol–water partition coefficient (Wildman–Crippen LogP) is 4.01. The lowest BCUT2D eigenvalue weighted by atomic mass is 10.1. The maximum Gasteiger partial charge on any atom is 0.161 e. The smallest absolute Gasteiger partial charge is 0.161 e. The van der Waals surface area contributed by atoms with Crippen LogP contribution in [0.4, 0.5) is 0 Å². The fourth-order valence-electron chi connectivity index (χ4n) is 3.54. The second-order valence-corrected chi connectivity index (χ2v) is 17.7. The highest BCUT2D eigenvalue weighted by Gasteiger charge is 2.45. The Hall–Kier alpha value is 0.284. The van der Waals surface area contributed by atoms with Crippen LogP contribution in [-0.2, 0) is 0 Å². The van der Waals surface area contributed by atoms with Gasteiger partial charge in [0.2, 0.25) is 0 Å². The fourth-order valence-corrected chi connectivity index (χ4v) is 14.5. The molecule has 0 bridgehead atoms. The molecule has 0 amide bonds. The van der Waals surface area contributed by atoms with Crippen LogP contribution in [0.25, 0.3) is 0 Å². The second-order valence-electron chi connectivity index (χ2n) is 7.15. The van der Waals surface area contributed by atoms with Gasteiger partial charge in [-0.2, -0.15) is 0 Å². The van der Waals surface area contributed by atoms with E-state index in [-0.39, 0.29) is 11.0 Å². The summed E-state index contributed by atoms with van der Waals surface area (Å²) < 4.78 is 2.81. The van der Waals surface area contributed by atoms with Crippen LogP contribution in [0.5, 0.6) is 0 Å². The number of hydrogen-bond donors (Lipinski definition) is 1. The van der Waals surface area contributed by atoms with Gasteiger partial charge in [-0.3, -0.25) is 0 Å². The lowest BCUT2D eigenvalue weighted by Gasteiger charge is -2.49. The quantitative estimate of drug-likeness (QED) is 0.625. The Morgan fingerprint density at radius 1 is 1.06 bits per heavy atom. The van der Waals surface area contributed by atoms with E-state index in [1.807, 2.05) is 0 Å². The lowest BCUT2D eigenvalue weighted by Crippen LogP contribution is -2.64. The van der Waals surface area contributed by atoms with Crippen LogP contribution in [0.1, 0.15) is 19.3 Å². The Labute approximate surface area is 114 Å². The molecule has 1 rings (SSSR count). The molecule has 0 aromatic rings. The van der Waals surface area contributed by atoms with Gasteiger partial charge in [0.25, 0.3) is 0 Å². The molecular weight excluding hydrogens is 262 g/mol. The molecular formula is C12H27NOSSi2. The average Bonchev–Trinajstić information content (AvgIpc) is 2.46. The molecule has 17 heavy (non-hydrogen) atoms. The van der Waals surface area contributed by atoms with Crippen molar-refractivity contribution in [3.8, 4) is 0 Å². The van der Waals surface area contributed by atoms with Gasteiger partial charge in [-0.05, 0) is 25.1 Å². The average molecular weight is 290 g/mol.